The number of fused-ring (bicyclic) bond motifs is 1. The van der Waals surface area contributed by atoms with Crippen molar-refractivity contribution in [3.05, 3.63) is 70.5 Å². The fourth-order valence-electron chi connectivity index (χ4n) is 2.92. The number of ether oxygens (including phenoxy) is 2. The number of amides is 1. The molecule has 11 heteroatoms. The average Bonchev–Trinajstić information content (AvgIpc) is 3.22. The number of nitrogens with zero attached hydrogens (tertiary/aromatic N) is 4. The lowest BCUT2D eigenvalue weighted by atomic mass is 10.2. The molecule has 1 N–H and O–H groups in total. The summed E-state index contributed by atoms with van der Waals surface area (Å²) < 4.78 is 25.9. The second kappa shape index (κ2) is 10.0. The predicted molar refractivity (Wildman–Crippen MR) is 121 cm³/mol. The molecule has 1 atom stereocenters. The lowest BCUT2D eigenvalue weighted by molar-refractivity contribution is -0.127. The highest BCUT2D eigenvalue weighted by Gasteiger charge is 2.16. The summed E-state index contributed by atoms with van der Waals surface area (Å²) in [6, 6.07) is 14.0. The molecular weight excluding hydrogens is 472 g/mol. The van der Waals surface area contributed by atoms with Crippen molar-refractivity contribution in [1.29, 1.82) is 0 Å². The smallest absolute Gasteiger partial charge is 0.260 e. The molecule has 4 rings (SSSR count). The van der Waals surface area contributed by atoms with Gasteiger partial charge in [-0.1, -0.05) is 23.2 Å². The van der Waals surface area contributed by atoms with Crippen LogP contribution >= 0.6 is 23.2 Å². The number of hydrogen-bond donors (Lipinski definition) is 1. The minimum atomic E-state index is -0.770. The number of carbonyl (C=O) groups is 1. The third kappa shape index (κ3) is 5.50. The van der Waals surface area contributed by atoms with E-state index < -0.39 is 6.10 Å². The second-order valence-electron chi connectivity index (χ2n) is 6.95. The molecule has 0 aliphatic rings. The minimum Gasteiger partial charge on any atom is -0.479 e. The largest absolute Gasteiger partial charge is 0.479 e. The van der Waals surface area contributed by atoms with Crippen LogP contribution in [0.1, 0.15) is 6.92 Å². The molecule has 2 aromatic heterocycles. The molecule has 0 aliphatic heterocycles. The highest BCUT2D eigenvalue weighted by molar-refractivity contribution is 6.35. The summed E-state index contributed by atoms with van der Waals surface area (Å²) in [5.41, 5.74) is 1.18. The zero-order valence-corrected chi connectivity index (χ0v) is 18.8. The monoisotopic (exact) mass is 489 g/mol. The highest BCUT2D eigenvalue weighted by Crippen LogP contribution is 2.28. The van der Waals surface area contributed by atoms with Gasteiger partial charge in [-0.15, -0.1) is 15.3 Å². The van der Waals surface area contributed by atoms with E-state index in [-0.39, 0.29) is 24.9 Å². The van der Waals surface area contributed by atoms with Crippen molar-refractivity contribution in [3.63, 3.8) is 0 Å². The molecule has 170 valence electrons. The van der Waals surface area contributed by atoms with Crippen LogP contribution in [0.4, 0.5) is 4.39 Å². The van der Waals surface area contributed by atoms with E-state index in [1.807, 2.05) is 0 Å². The Bertz CT molecular complexity index is 1280. The maximum Gasteiger partial charge on any atom is 0.260 e. The molecule has 0 spiro atoms. The fourth-order valence-corrected chi connectivity index (χ4v) is 3.37. The first-order chi connectivity index (χ1) is 15.9. The number of halogens is 3. The Morgan fingerprint density at radius 1 is 1.12 bits per heavy atom. The maximum absolute atomic E-state index is 13.2. The lowest BCUT2D eigenvalue weighted by Crippen LogP contribution is -2.38. The summed E-state index contributed by atoms with van der Waals surface area (Å²) in [7, 11) is 0. The van der Waals surface area contributed by atoms with Crippen molar-refractivity contribution >= 4 is 34.8 Å². The fraction of sp³-hybridized carbons (Fsp3) is 0.182. The second-order valence-corrected chi connectivity index (χ2v) is 7.79. The van der Waals surface area contributed by atoms with E-state index in [1.54, 1.807) is 43.3 Å². The number of rotatable bonds is 8. The average molecular weight is 490 g/mol. The summed E-state index contributed by atoms with van der Waals surface area (Å²) in [4.78, 5) is 12.3. The molecule has 1 amide bonds. The van der Waals surface area contributed by atoms with Gasteiger partial charge >= 0.3 is 0 Å². The molecule has 33 heavy (non-hydrogen) atoms. The topological polar surface area (TPSA) is 90.6 Å². The van der Waals surface area contributed by atoms with Gasteiger partial charge in [0.05, 0.1) is 11.6 Å². The number of carbonyl (C=O) groups excluding carboxylic acids is 1. The van der Waals surface area contributed by atoms with Gasteiger partial charge in [-0.05, 0) is 55.5 Å². The Balaban J connectivity index is 1.32. The first-order valence-electron chi connectivity index (χ1n) is 9.91. The Labute approximate surface area is 198 Å². The van der Waals surface area contributed by atoms with E-state index in [1.165, 1.54) is 22.7 Å². The minimum absolute atomic E-state index is 0.173. The summed E-state index contributed by atoms with van der Waals surface area (Å²) in [5, 5.41) is 16.1. The molecule has 8 nitrogen and oxygen atoms in total. The quantitative estimate of drug-likeness (QED) is 0.373. The first-order valence-corrected chi connectivity index (χ1v) is 10.7. The molecule has 0 radical (unpaired) electrons. The molecule has 2 heterocycles. The normalized spacial score (nSPS) is 11.9. The third-order valence-electron chi connectivity index (χ3n) is 4.56. The van der Waals surface area contributed by atoms with Gasteiger partial charge in [0.15, 0.2) is 17.6 Å². The van der Waals surface area contributed by atoms with E-state index in [0.717, 1.165) is 0 Å². The van der Waals surface area contributed by atoms with Gasteiger partial charge in [-0.2, -0.15) is 4.52 Å². The Morgan fingerprint density at radius 3 is 2.67 bits per heavy atom. The Morgan fingerprint density at radius 2 is 1.91 bits per heavy atom. The van der Waals surface area contributed by atoms with Crippen LogP contribution in [-0.4, -0.2) is 45.0 Å². The third-order valence-corrected chi connectivity index (χ3v) is 5.09. The number of benzene rings is 2. The van der Waals surface area contributed by atoms with Gasteiger partial charge in [0.1, 0.15) is 18.2 Å². The van der Waals surface area contributed by atoms with Gasteiger partial charge in [0.25, 0.3) is 5.91 Å². The van der Waals surface area contributed by atoms with Gasteiger partial charge in [-0.25, -0.2) is 4.39 Å². The van der Waals surface area contributed by atoms with E-state index >= 15 is 0 Å². The standard InChI is InChI=1S/C22H18Cl2FN5O3/c1-13(33-18-7-4-15(23)12-17(18)24)22(31)26-10-11-32-20-9-8-19-27-28-21(30(19)29-20)14-2-5-16(25)6-3-14/h2-9,12-13H,10-11H2,1H3,(H,26,31). The Hall–Kier alpha value is -3.43. The van der Waals surface area contributed by atoms with E-state index in [4.69, 9.17) is 32.7 Å². The van der Waals surface area contributed by atoms with Crippen LogP contribution in [0.3, 0.4) is 0 Å². The number of nitrogens with one attached hydrogen (secondary N) is 1. The molecule has 0 saturated heterocycles. The van der Waals surface area contributed by atoms with Crippen LogP contribution in [0.25, 0.3) is 17.0 Å². The molecule has 4 aromatic rings. The van der Waals surface area contributed by atoms with Gasteiger partial charge < -0.3 is 14.8 Å². The molecule has 0 saturated carbocycles. The van der Waals surface area contributed by atoms with E-state index in [0.29, 0.717) is 38.7 Å². The predicted octanol–water partition coefficient (Wildman–Crippen LogP) is 4.20. The van der Waals surface area contributed by atoms with E-state index in [2.05, 4.69) is 20.6 Å². The zero-order valence-electron chi connectivity index (χ0n) is 17.3. The number of aromatic nitrogens is 4. The molecule has 0 fully saturated rings. The Kier molecular flexibility index (Phi) is 6.90. The van der Waals surface area contributed by atoms with Crippen LogP contribution in [0.5, 0.6) is 11.6 Å². The van der Waals surface area contributed by atoms with Crippen molar-refractivity contribution in [2.75, 3.05) is 13.2 Å². The van der Waals surface area contributed by atoms with Crippen LogP contribution in [0.2, 0.25) is 10.0 Å². The van der Waals surface area contributed by atoms with E-state index in [9.17, 15) is 9.18 Å². The van der Waals surface area contributed by atoms with Crippen LogP contribution in [-0.2, 0) is 4.79 Å². The molecule has 0 bridgehead atoms. The summed E-state index contributed by atoms with van der Waals surface area (Å²) >= 11 is 11.9. The summed E-state index contributed by atoms with van der Waals surface area (Å²) in [6.07, 6.45) is -0.770. The van der Waals surface area contributed by atoms with Crippen molar-refractivity contribution in [2.45, 2.75) is 13.0 Å². The van der Waals surface area contributed by atoms with Gasteiger partial charge in [0, 0.05) is 16.7 Å². The lowest BCUT2D eigenvalue weighted by Gasteiger charge is -2.16. The van der Waals surface area contributed by atoms with Crippen molar-refractivity contribution in [2.24, 2.45) is 0 Å². The van der Waals surface area contributed by atoms with Gasteiger partial charge in [-0.3, -0.25) is 4.79 Å². The van der Waals surface area contributed by atoms with Crippen LogP contribution in [0, 0.1) is 5.82 Å². The SMILES string of the molecule is CC(Oc1ccc(Cl)cc1Cl)C(=O)NCCOc1ccc2nnc(-c3ccc(F)cc3)n2n1. The molecule has 0 aliphatic carbocycles. The van der Waals surface area contributed by atoms with Crippen LogP contribution < -0.4 is 14.8 Å². The molecule has 1 unspecified atom stereocenters. The van der Waals surface area contributed by atoms with Crippen molar-refractivity contribution < 1.29 is 18.7 Å². The summed E-state index contributed by atoms with van der Waals surface area (Å²) in [5.74, 6) is 0.462. The molecular formula is C22H18Cl2FN5O3. The zero-order chi connectivity index (χ0) is 23.4. The van der Waals surface area contributed by atoms with Gasteiger partial charge in [0.2, 0.25) is 5.88 Å². The first kappa shape index (κ1) is 22.8. The number of hydrogen-bond acceptors (Lipinski definition) is 6. The molecule has 2 aromatic carbocycles. The maximum atomic E-state index is 13.2. The van der Waals surface area contributed by atoms with Crippen molar-refractivity contribution in [3.8, 4) is 23.0 Å². The van der Waals surface area contributed by atoms with Crippen LogP contribution in [0.15, 0.2) is 54.6 Å². The van der Waals surface area contributed by atoms with Crippen molar-refractivity contribution in [1.82, 2.24) is 25.1 Å². The summed E-state index contributed by atoms with van der Waals surface area (Å²) in [6.45, 7) is 2.01. The highest BCUT2D eigenvalue weighted by atomic mass is 35.5.